The van der Waals surface area contributed by atoms with Crippen LogP contribution in [-0.4, -0.2) is 44.1 Å². The summed E-state index contributed by atoms with van der Waals surface area (Å²) in [7, 11) is 0. The molecule has 4 rings (SSSR count). The van der Waals surface area contributed by atoms with E-state index in [1.165, 1.54) is 5.56 Å². The lowest BCUT2D eigenvalue weighted by atomic mass is 9.90. The number of likely N-dealkylation sites (tertiary alicyclic amines) is 1. The summed E-state index contributed by atoms with van der Waals surface area (Å²) < 4.78 is 0. The monoisotopic (exact) mass is 361 g/mol. The van der Waals surface area contributed by atoms with Gasteiger partial charge in [-0.2, -0.15) is 5.10 Å². The predicted octanol–water partition coefficient (Wildman–Crippen LogP) is 3.50. The van der Waals surface area contributed by atoms with Crippen LogP contribution >= 0.6 is 0 Å². The van der Waals surface area contributed by atoms with Gasteiger partial charge in [-0.05, 0) is 32.3 Å². The van der Waals surface area contributed by atoms with Gasteiger partial charge in [0.15, 0.2) is 0 Å². The molecule has 1 fully saturated rings. The van der Waals surface area contributed by atoms with Gasteiger partial charge in [0.25, 0.3) is 5.91 Å². The van der Waals surface area contributed by atoms with Gasteiger partial charge in [0, 0.05) is 42.7 Å². The van der Waals surface area contributed by atoms with E-state index in [1.807, 2.05) is 18.0 Å². The molecule has 0 radical (unpaired) electrons. The van der Waals surface area contributed by atoms with Crippen LogP contribution in [0.5, 0.6) is 0 Å². The third kappa shape index (κ3) is 3.60. The maximum Gasteiger partial charge on any atom is 0.257 e. The lowest BCUT2D eigenvalue weighted by Crippen LogP contribution is -2.39. The van der Waals surface area contributed by atoms with Crippen LogP contribution in [-0.2, 0) is 0 Å². The number of aromatic nitrogens is 4. The lowest BCUT2D eigenvalue weighted by Gasteiger charge is -2.32. The van der Waals surface area contributed by atoms with E-state index in [0.29, 0.717) is 17.9 Å². The highest BCUT2D eigenvalue weighted by Crippen LogP contribution is 2.33. The van der Waals surface area contributed by atoms with E-state index < -0.39 is 0 Å². The van der Waals surface area contributed by atoms with Crippen molar-refractivity contribution in [2.75, 3.05) is 13.1 Å². The third-order valence-electron chi connectivity index (χ3n) is 5.18. The number of hydrogen-bond donors (Lipinski definition) is 1. The van der Waals surface area contributed by atoms with Crippen LogP contribution in [0.2, 0.25) is 0 Å². The maximum absolute atomic E-state index is 12.8. The molecule has 1 aliphatic heterocycles. The molecule has 1 aliphatic rings. The number of H-pyrrole nitrogens is 1. The molecule has 0 spiro atoms. The molecule has 1 atom stereocenters. The molecule has 27 heavy (non-hydrogen) atoms. The summed E-state index contributed by atoms with van der Waals surface area (Å²) in [6.45, 7) is 5.33. The Morgan fingerprint density at radius 2 is 1.85 bits per heavy atom. The number of aryl methyl sites for hydroxylation is 2. The van der Waals surface area contributed by atoms with Crippen molar-refractivity contribution in [1.29, 1.82) is 0 Å². The number of aromatic amines is 1. The average molecular weight is 361 g/mol. The standard InChI is InChI=1S/C21H23N5O/c1-14-5-7-16(8-6-14)19-12-24-25-20(19)17-4-3-9-26(13-17)21(27)18-10-22-15(2)23-11-18/h5-8,10-12,17H,3-4,9,13H2,1-2H3,(H,24,25)/t17-/m0/s1. The molecule has 2 aromatic heterocycles. The van der Waals surface area contributed by atoms with Crippen LogP contribution in [0.4, 0.5) is 0 Å². The van der Waals surface area contributed by atoms with Crippen molar-refractivity contribution in [3.05, 3.63) is 65.5 Å². The largest absolute Gasteiger partial charge is 0.338 e. The maximum atomic E-state index is 12.8. The number of hydrogen-bond acceptors (Lipinski definition) is 4. The van der Waals surface area contributed by atoms with Crippen molar-refractivity contribution in [3.8, 4) is 11.1 Å². The molecule has 3 heterocycles. The number of rotatable bonds is 3. The Kier molecular flexibility index (Phi) is 4.71. The molecule has 0 bridgehead atoms. The Morgan fingerprint density at radius 1 is 1.11 bits per heavy atom. The Morgan fingerprint density at radius 3 is 2.59 bits per heavy atom. The van der Waals surface area contributed by atoms with E-state index in [4.69, 9.17) is 0 Å². The summed E-state index contributed by atoms with van der Waals surface area (Å²) in [4.78, 5) is 23.0. The van der Waals surface area contributed by atoms with Gasteiger partial charge in [0.2, 0.25) is 0 Å². The van der Waals surface area contributed by atoms with E-state index in [0.717, 1.165) is 36.2 Å². The molecule has 1 N–H and O–H groups in total. The molecule has 138 valence electrons. The summed E-state index contributed by atoms with van der Waals surface area (Å²) in [5.41, 5.74) is 5.16. The number of carbonyl (C=O) groups is 1. The summed E-state index contributed by atoms with van der Waals surface area (Å²) in [6.07, 6.45) is 7.11. The van der Waals surface area contributed by atoms with Crippen LogP contribution in [0, 0.1) is 13.8 Å². The topological polar surface area (TPSA) is 74.8 Å². The highest BCUT2D eigenvalue weighted by Gasteiger charge is 2.28. The second-order valence-corrected chi connectivity index (χ2v) is 7.17. The fraction of sp³-hybridized carbons (Fsp3) is 0.333. The highest BCUT2D eigenvalue weighted by atomic mass is 16.2. The van der Waals surface area contributed by atoms with Crippen molar-refractivity contribution < 1.29 is 4.79 Å². The molecular formula is C21H23N5O. The van der Waals surface area contributed by atoms with Crippen molar-refractivity contribution in [2.45, 2.75) is 32.6 Å². The van der Waals surface area contributed by atoms with Gasteiger partial charge in [-0.3, -0.25) is 9.89 Å². The molecule has 6 nitrogen and oxygen atoms in total. The minimum atomic E-state index is -0.00361. The summed E-state index contributed by atoms with van der Waals surface area (Å²) >= 11 is 0. The first-order chi connectivity index (χ1) is 13.1. The fourth-order valence-corrected chi connectivity index (χ4v) is 3.65. The van der Waals surface area contributed by atoms with Crippen LogP contribution in [0.25, 0.3) is 11.1 Å². The Bertz CT molecular complexity index is 930. The van der Waals surface area contributed by atoms with Crippen molar-refractivity contribution >= 4 is 5.91 Å². The minimum absolute atomic E-state index is 0.00361. The first-order valence-corrected chi connectivity index (χ1v) is 9.30. The zero-order valence-electron chi connectivity index (χ0n) is 15.6. The number of benzene rings is 1. The van der Waals surface area contributed by atoms with Gasteiger partial charge >= 0.3 is 0 Å². The molecule has 0 saturated carbocycles. The summed E-state index contributed by atoms with van der Waals surface area (Å²) in [6, 6.07) is 8.47. The number of amides is 1. The smallest absolute Gasteiger partial charge is 0.257 e. The molecule has 0 unspecified atom stereocenters. The van der Waals surface area contributed by atoms with Gasteiger partial charge in [-0.15, -0.1) is 0 Å². The average Bonchev–Trinajstić information content (AvgIpc) is 3.18. The predicted molar refractivity (Wildman–Crippen MR) is 103 cm³/mol. The molecule has 1 saturated heterocycles. The highest BCUT2D eigenvalue weighted by molar-refractivity contribution is 5.93. The quantitative estimate of drug-likeness (QED) is 0.775. The van der Waals surface area contributed by atoms with Crippen LogP contribution < -0.4 is 0 Å². The van der Waals surface area contributed by atoms with Crippen LogP contribution in [0.15, 0.2) is 42.9 Å². The number of piperidine rings is 1. The van der Waals surface area contributed by atoms with E-state index in [1.54, 1.807) is 12.4 Å². The van der Waals surface area contributed by atoms with Gasteiger partial charge < -0.3 is 4.90 Å². The molecule has 0 aliphatic carbocycles. The molecular weight excluding hydrogens is 338 g/mol. The summed E-state index contributed by atoms with van der Waals surface area (Å²) in [5, 5.41) is 7.47. The van der Waals surface area contributed by atoms with E-state index in [2.05, 4.69) is 51.4 Å². The summed E-state index contributed by atoms with van der Waals surface area (Å²) in [5.74, 6) is 0.909. The van der Waals surface area contributed by atoms with E-state index >= 15 is 0 Å². The Hall–Kier alpha value is -3.02. The van der Waals surface area contributed by atoms with Crippen molar-refractivity contribution in [1.82, 2.24) is 25.1 Å². The second kappa shape index (κ2) is 7.31. The first kappa shape index (κ1) is 17.4. The Labute approximate surface area is 158 Å². The van der Waals surface area contributed by atoms with Gasteiger partial charge in [0.1, 0.15) is 5.82 Å². The molecule has 1 aromatic carbocycles. The minimum Gasteiger partial charge on any atom is -0.338 e. The van der Waals surface area contributed by atoms with E-state index in [9.17, 15) is 4.79 Å². The third-order valence-corrected chi connectivity index (χ3v) is 5.18. The lowest BCUT2D eigenvalue weighted by molar-refractivity contribution is 0.0705. The number of carbonyl (C=O) groups excluding carboxylic acids is 1. The normalized spacial score (nSPS) is 17.1. The van der Waals surface area contributed by atoms with Crippen molar-refractivity contribution in [2.24, 2.45) is 0 Å². The second-order valence-electron chi connectivity index (χ2n) is 7.17. The number of nitrogens with zero attached hydrogens (tertiary/aromatic N) is 4. The zero-order valence-corrected chi connectivity index (χ0v) is 15.6. The fourth-order valence-electron chi connectivity index (χ4n) is 3.65. The molecule has 3 aromatic rings. The Balaban J connectivity index is 1.55. The SMILES string of the molecule is Cc1ccc(-c2cn[nH]c2[C@H]2CCCN(C(=O)c3cnc(C)nc3)C2)cc1. The van der Waals surface area contributed by atoms with Crippen molar-refractivity contribution in [3.63, 3.8) is 0 Å². The zero-order chi connectivity index (χ0) is 18.8. The first-order valence-electron chi connectivity index (χ1n) is 9.30. The van der Waals surface area contributed by atoms with Gasteiger partial charge in [0.05, 0.1) is 11.8 Å². The number of nitrogens with one attached hydrogen (secondary N) is 1. The molecule has 1 amide bonds. The van der Waals surface area contributed by atoms with Gasteiger partial charge in [-0.25, -0.2) is 9.97 Å². The molecule has 6 heteroatoms. The van der Waals surface area contributed by atoms with Crippen LogP contribution in [0.3, 0.4) is 0 Å². The van der Waals surface area contributed by atoms with Gasteiger partial charge in [-0.1, -0.05) is 29.8 Å². The van der Waals surface area contributed by atoms with Crippen LogP contribution in [0.1, 0.15) is 46.2 Å². The van der Waals surface area contributed by atoms with E-state index in [-0.39, 0.29) is 11.8 Å².